The lowest BCUT2D eigenvalue weighted by Gasteiger charge is -2.00. The number of hydrogen-bond donors (Lipinski definition) is 2. The Labute approximate surface area is 82.1 Å². The van der Waals surface area contributed by atoms with Crippen LogP contribution in [0.2, 0.25) is 0 Å². The molecule has 1 aromatic heterocycles. The highest BCUT2D eigenvalue weighted by Gasteiger charge is 2.25. The van der Waals surface area contributed by atoms with Gasteiger partial charge in [-0.15, -0.1) is 0 Å². The van der Waals surface area contributed by atoms with Crippen LogP contribution in [0.5, 0.6) is 5.75 Å². The molecule has 3 heteroatoms. The molecule has 1 atom stereocenters. The highest BCUT2D eigenvalue weighted by Crippen LogP contribution is 2.31. The topological polar surface area (TPSA) is 47.0 Å². The average molecular weight is 188 g/mol. The van der Waals surface area contributed by atoms with E-state index in [-0.39, 0.29) is 0 Å². The number of ether oxygens (including phenoxy) is 1. The maximum atomic E-state index is 5.21. The number of hydrogen-bond acceptors (Lipinski definition) is 2. The molecule has 2 N–H and O–H groups in total. The summed E-state index contributed by atoms with van der Waals surface area (Å²) in [5.41, 5.74) is 2.52. The number of aromatic amines is 1. The minimum Gasteiger partial charge on any atom is -0.497 e. The van der Waals surface area contributed by atoms with Crippen LogP contribution in [0.4, 0.5) is 0 Å². The fraction of sp³-hybridized carbons (Fsp3) is 0.273. The Bertz CT molecular complexity index is 471. The predicted molar refractivity (Wildman–Crippen MR) is 55.6 cm³/mol. The standard InChI is InChI=1S/C11H12N2O/c1-14-7-2-3-10-8(4-7)9(5-12-10)11-6-13-11/h2-5,11-13H,6H2,1H3/t11-/m1/s1. The van der Waals surface area contributed by atoms with E-state index in [0.29, 0.717) is 6.04 Å². The van der Waals surface area contributed by atoms with Crippen LogP contribution in [0, 0.1) is 0 Å². The molecule has 0 unspecified atom stereocenters. The first-order chi connectivity index (χ1) is 6.88. The molecular weight excluding hydrogens is 176 g/mol. The number of rotatable bonds is 2. The minimum absolute atomic E-state index is 0.538. The third-order valence-corrected chi connectivity index (χ3v) is 2.70. The van der Waals surface area contributed by atoms with Gasteiger partial charge in [0, 0.05) is 29.7 Å². The van der Waals surface area contributed by atoms with Crippen molar-refractivity contribution in [3.63, 3.8) is 0 Å². The molecule has 0 bridgehead atoms. The Kier molecular flexibility index (Phi) is 1.55. The van der Waals surface area contributed by atoms with Gasteiger partial charge in [-0.05, 0) is 23.8 Å². The first kappa shape index (κ1) is 7.88. The molecule has 0 aliphatic carbocycles. The molecule has 1 fully saturated rings. The number of methoxy groups -OCH3 is 1. The highest BCUT2D eigenvalue weighted by molar-refractivity contribution is 5.85. The summed E-state index contributed by atoms with van der Waals surface area (Å²) in [5, 5.41) is 4.57. The van der Waals surface area contributed by atoms with E-state index in [1.165, 1.54) is 16.5 Å². The normalized spacial score (nSPS) is 19.9. The van der Waals surface area contributed by atoms with E-state index in [1.54, 1.807) is 7.11 Å². The zero-order valence-corrected chi connectivity index (χ0v) is 8.00. The van der Waals surface area contributed by atoms with E-state index in [2.05, 4.69) is 28.6 Å². The monoisotopic (exact) mass is 188 g/mol. The van der Waals surface area contributed by atoms with E-state index in [0.717, 1.165) is 12.3 Å². The summed E-state index contributed by atoms with van der Waals surface area (Å²) in [6, 6.07) is 6.65. The van der Waals surface area contributed by atoms with E-state index in [9.17, 15) is 0 Å². The SMILES string of the molecule is COc1ccc2[nH]cc([C@H]3CN3)c2c1. The zero-order chi connectivity index (χ0) is 9.54. The fourth-order valence-corrected chi connectivity index (χ4v) is 1.82. The summed E-state index contributed by atoms with van der Waals surface area (Å²) in [6.07, 6.45) is 2.08. The van der Waals surface area contributed by atoms with Gasteiger partial charge in [0.1, 0.15) is 5.75 Å². The van der Waals surface area contributed by atoms with Crippen LogP contribution in [0.25, 0.3) is 10.9 Å². The maximum absolute atomic E-state index is 5.21. The molecule has 14 heavy (non-hydrogen) atoms. The van der Waals surface area contributed by atoms with Crippen LogP contribution in [0.1, 0.15) is 11.6 Å². The zero-order valence-electron chi connectivity index (χ0n) is 8.00. The molecule has 1 aliphatic heterocycles. The van der Waals surface area contributed by atoms with Crippen molar-refractivity contribution in [2.24, 2.45) is 0 Å². The van der Waals surface area contributed by atoms with Crippen LogP contribution in [-0.2, 0) is 0 Å². The lowest BCUT2D eigenvalue weighted by Crippen LogP contribution is -1.84. The van der Waals surface area contributed by atoms with Crippen molar-refractivity contribution < 1.29 is 4.74 Å². The van der Waals surface area contributed by atoms with Crippen molar-refractivity contribution >= 4 is 10.9 Å². The van der Waals surface area contributed by atoms with E-state index < -0.39 is 0 Å². The molecule has 0 saturated carbocycles. The quantitative estimate of drug-likeness (QED) is 0.706. The lowest BCUT2D eigenvalue weighted by atomic mass is 10.1. The van der Waals surface area contributed by atoms with E-state index in [1.807, 2.05) is 6.07 Å². The molecule has 3 rings (SSSR count). The van der Waals surface area contributed by atoms with Crippen molar-refractivity contribution in [1.82, 2.24) is 10.3 Å². The highest BCUT2D eigenvalue weighted by atomic mass is 16.5. The summed E-state index contributed by atoms with van der Waals surface area (Å²) >= 11 is 0. The van der Waals surface area contributed by atoms with Gasteiger partial charge >= 0.3 is 0 Å². The summed E-state index contributed by atoms with van der Waals surface area (Å²) in [7, 11) is 1.70. The summed E-state index contributed by atoms with van der Waals surface area (Å²) in [6.45, 7) is 1.09. The van der Waals surface area contributed by atoms with Crippen LogP contribution in [-0.4, -0.2) is 18.6 Å². The molecule has 0 radical (unpaired) electrons. The van der Waals surface area contributed by atoms with Crippen molar-refractivity contribution in [3.8, 4) is 5.75 Å². The van der Waals surface area contributed by atoms with Crippen LogP contribution in [0.3, 0.4) is 0 Å². The second-order valence-electron chi connectivity index (χ2n) is 3.62. The fourth-order valence-electron chi connectivity index (χ4n) is 1.82. The number of H-pyrrole nitrogens is 1. The first-order valence-corrected chi connectivity index (χ1v) is 4.77. The van der Waals surface area contributed by atoms with Gasteiger partial charge < -0.3 is 15.0 Å². The molecule has 1 aliphatic rings. The number of nitrogens with one attached hydrogen (secondary N) is 2. The smallest absolute Gasteiger partial charge is 0.119 e. The van der Waals surface area contributed by atoms with Gasteiger partial charge in [-0.25, -0.2) is 0 Å². The summed E-state index contributed by atoms with van der Waals surface area (Å²) in [4.78, 5) is 3.27. The van der Waals surface area contributed by atoms with Gasteiger partial charge in [0.15, 0.2) is 0 Å². The molecule has 1 aromatic carbocycles. The summed E-state index contributed by atoms with van der Waals surface area (Å²) < 4.78 is 5.21. The van der Waals surface area contributed by atoms with Crippen molar-refractivity contribution in [3.05, 3.63) is 30.0 Å². The second kappa shape index (κ2) is 2.75. The van der Waals surface area contributed by atoms with Crippen molar-refractivity contribution in [2.45, 2.75) is 6.04 Å². The Morgan fingerprint density at radius 2 is 2.29 bits per heavy atom. The molecule has 2 aromatic rings. The first-order valence-electron chi connectivity index (χ1n) is 4.77. The molecule has 0 spiro atoms. The molecule has 2 heterocycles. The Hall–Kier alpha value is -1.48. The number of benzene rings is 1. The predicted octanol–water partition coefficient (Wildman–Crippen LogP) is 1.82. The van der Waals surface area contributed by atoms with E-state index in [4.69, 9.17) is 4.74 Å². The summed E-state index contributed by atoms with van der Waals surface area (Å²) in [5.74, 6) is 0.916. The largest absolute Gasteiger partial charge is 0.497 e. The average Bonchev–Trinajstić information content (AvgIpc) is 2.98. The van der Waals surface area contributed by atoms with Gasteiger partial charge in [-0.1, -0.05) is 0 Å². The molecule has 0 amide bonds. The Morgan fingerprint density at radius 3 is 3.00 bits per heavy atom. The lowest BCUT2D eigenvalue weighted by molar-refractivity contribution is 0.415. The van der Waals surface area contributed by atoms with Crippen LogP contribution in [0.15, 0.2) is 24.4 Å². The minimum atomic E-state index is 0.538. The molecule has 1 saturated heterocycles. The van der Waals surface area contributed by atoms with Gasteiger partial charge in [0.2, 0.25) is 0 Å². The van der Waals surface area contributed by atoms with Gasteiger partial charge in [-0.2, -0.15) is 0 Å². The van der Waals surface area contributed by atoms with Crippen molar-refractivity contribution in [2.75, 3.05) is 13.7 Å². The molecule has 72 valence electrons. The van der Waals surface area contributed by atoms with Gasteiger partial charge in [0.05, 0.1) is 7.11 Å². The Morgan fingerprint density at radius 1 is 1.43 bits per heavy atom. The van der Waals surface area contributed by atoms with Crippen molar-refractivity contribution in [1.29, 1.82) is 0 Å². The Balaban J connectivity index is 2.20. The third-order valence-electron chi connectivity index (χ3n) is 2.70. The molecular formula is C11H12N2O. The van der Waals surface area contributed by atoms with E-state index >= 15 is 0 Å². The molecule has 3 nitrogen and oxygen atoms in total. The van der Waals surface area contributed by atoms with Gasteiger partial charge in [-0.3, -0.25) is 0 Å². The second-order valence-corrected chi connectivity index (χ2v) is 3.62. The van der Waals surface area contributed by atoms with Crippen LogP contribution < -0.4 is 10.1 Å². The number of fused-ring (bicyclic) bond motifs is 1. The third kappa shape index (κ3) is 1.09. The van der Waals surface area contributed by atoms with Gasteiger partial charge in [0.25, 0.3) is 0 Å². The number of aromatic nitrogens is 1. The van der Waals surface area contributed by atoms with Crippen LogP contribution >= 0.6 is 0 Å². The maximum Gasteiger partial charge on any atom is 0.119 e.